The van der Waals surface area contributed by atoms with Gasteiger partial charge in [-0.2, -0.15) is 5.10 Å². The van der Waals surface area contributed by atoms with Gasteiger partial charge in [0.25, 0.3) is 0 Å². The van der Waals surface area contributed by atoms with Gasteiger partial charge in [-0.25, -0.2) is 0 Å². The van der Waals surface area contributed by atoms with Crippen molar-refractivity contribution in [2.24, 2.45) is 7.05 Å². The molecular formula is C10H11N3O2. The van der Waals surface area contributed by atoms with Crippen molar-refractivity contribution in [1.29, 1.82) is 0 Å². The summed E-state index contributed by atoms with van der Waals surface area (Å²) in [7, 11) is 5.12. The van der Waals surface area contributed by atoms with Gasteiger partial charge >= 0.3 is 0 Å². The molecule has 0 saturated carbocycles. The Balaban J connectivity index is 2.61. The number of rotatable bonds is 1. The predicted molar refractivity (Wildman–Crippen MR) is 53.6 cm³/mol. The molecule has 0 aliphatic heterocycles. The molecule has 0 saturated heterocycles. The third-order valence-electron chi connectivity index (χ3n) is 2.40. The van der Waals surface area contributed by atoms with Crippen LogP contribution in [0.25, 0.3) is 0 Å². The Morgan fingerprint density at radius 1 is 1.33 bits per heavy atom. The Bertz CT molecular complexity index is 483. The third kappa shape index (κ3) is 1.27. The molecule has 0 aromatic carbocycles. The molecule has 15 heavy (non-hydrogen) atoms. The fourth-order valence-electron chi connectivity index (χ4n) is 1.61. The number of aryl methyl sites for hydroxylation is 1. The highest BCUT2D eigenvalue weighted by atomic mass is 16.1. The lowest BCUT2D eigenvalue weighted by molar-refractivity contribution is 0.0955. The fraction of sp³-hybridized carbons (Fsp3) is 0.300. The lowest BCUT2D eigenvalue weighted by Gasteiger charge is -2.19. The van der Waals surface area contributed by atoms with Gasteiger partial charge in [0, 0.05) is 27.2 Å². The molecule has 0 amide bonds. The highest BCUT2D eigenvalue weighted by Crippen LogP contribution is 2.21. The summed E-state index contributed by atoms with van der Waals surface area (Å²) in [4.78, 5) is 25.2. The van der Waals surface area contributed by atoms with Crippen molar-refractivity contribution in [3.63, 3.8) is 0 Å². The van der Waals surface area contributed by atoms with Gasteiger partial charge in [0.05, 0.1) is 17.5 Å². The van der Waals surface area contributed by atoms with Crippen molar-refractivity contribution in [1.82, 2.24) is 14.7 Å². The third-order valence-corrected chi connectivity index (χ3v) is 2.40. The normalized spacial score (nSPS) is 15.0. The standard InChI is InChI=1S/C10H11N3O2/c1-12(2)7-4-8(14)6-5-11-13(3)9(6)10(7)15/h4-5H,1-3H3. The molecule has 1 aliphatic rings. The zero-order valence-electron chi connectivity index (χ0n) is 8.81. The van der Waals surface area contributed by atoms with Crippen LogP contribution in [0.15, 0.2) is 18.0 Å². The number of ketones is 2. The van der Waals surface area contributed by atoms with Gasteiger partial charge in [0.15, 0.2) is 5.78 Å². The molecule has 5 nitrogen and oxygen atoms in total. The van der Waals surface area contributed by atoms with E-state index < -0.39 is 0 Å². The molecule has 2 rings (SSSR count). The first-order valence-corrected chi connectivity index (χ1v) is 4.52. The van der Waals surface area contributed by atoms with E-state index in [1.165, 1.54) is 17.0 Å². The molecule has 1 aromatic heterocycles. The molecule has 0 bridgehead atoms. The maximum absolute atomic E-state index is 12.0. The molecule has 0 radical (unpaired) electrons. The van der Waals surface area contributed by atoms with Gasteiger partial charge < -0.3 is 4.90 Å². The number of carbonyl (C=O) groups is 2. The maximum atomic E-state index is 12.0. The van der Waals surface area contributed by atoms with E-state index in [4.69, 9.17) is 0 Å². The van der Waals surface area contributed by atoms with Crippen LogP contribution in [0.3, 0.4) is 0 Å². The number of allylic oxidation sites excluding steroid dienone is 2. The summed E-state index contributed by atoms with van der Waals surface area (Å²) in [5, 5.41) is 3.92. The van der Waals surface area contributed by atoms with E-state index in [1.54, 1.807) is 26.0 Å². The van der Waals surface area contributed by atoms with Crippen LogP contribution in [0.5, 0.6) is 0 Å². The Kier molecular flexibility index (Phi) is 1.96. The zero-order valence-corrected chi connectivity index (χ0v) is 8.81. The minimum absolute atomic E-state index is 0.158. The number of aromatic nitrogens is 2. The fourth-order valence-corrected chi connectivity index (χ4v) is 1.61. The van der Waals surface area contributed by atoms with E-state index >= 15 is 0 Å². The van der Waals surface area contributed by atoms with Crippen molar-refractivity contribution in [2.75, 3.05) is 14.1 Å². The monoisotopic (exact) mass is 205 g/mol. The van der Waals surface area contributed by atoms with E-state index in [0.29, 0.717) is 17.0 Å². The highest BCUT2D eigenvalue weighted by molar-refractivity contribution is 6.23. The number of fused-ring (bicyclic) bond motifs is 1. The lowest BCUT2D eigenvalue weighted by Crippen LogP contribution is -2.27. The van der Waals surface area contributed by atoms with E-state index in [9.17, 15) is 9.59 Å². The molecule has 0 atom stereocenters. The average molecular weight is 205 g/mol. The van der Waals surface area contributed by atoms with Crippen molar-refractivity contribution in [2.45, 2.75) is 0 Å². The number of hydrogen-bond acceptors (Lipinski definition) is 4. The van der Waals surface area contributed by atoms with E-state index in [-0.39, 0.29) is 11.6 Å². The molecule has 0 fully saturated rings. The summed E-state index contributed by atoms with van der Waals surface area (Å²) in [6, 6.07) is 0. The minimum Gasteiger partial charge on any atom is -0.374 e. The van der Waals surface area contributed by atoms with Crippen molar-refractivity contribution < 1.29 is 9.59 Å². The highest BCUT2D eigenvalue weighted by Gasteiger charge is 2.29. The quantitative estimate of drug-likeness (QED) is 0.659. The zero-order chi connectivity index (χ0) is 11.2. The van der Waals surface area contributed by atoms with Crippen LogP contribution in [0.4, 0.5) is 0 Å². The Morgan fingerprint density at radius 3 is 2.60 bits per heavy atom. The van der Waals surface area contributed by atoms with Crippen LogP contribution >= 0.6 is 0 Å². The second kappa shape index (κ2) is 3.05. The summed E-state index contributed by atoms with van der Waals surface area (Å²) in [5.74, 6) is -0.323. The number of carbonyl (C=O) groups excluding carboxylic acids is 2. The molecule has 5 heteroatoms. The summed E-state index contributed by atoms with van der Waals surface area (Å²) >= 11 is 0. The van der Waals surface area contributed by atoms with Gasteiger partial charge in [0.2, 0.25) is 5.78 Å². The van der Waals surface area contributed by atoms with Gasteiger partial charge in [0.1, 0.15) is 5.69 Å². The van der Waals surface area contributed by atoms with Crippen molar-refractivity contribution >= 4 is 11.6 Å². The SMILES string of the molecule is CN(C)C1=CC(=O)c2cnn(C)c2C1=O. The second-order valence-corrected chi connectivity index (χ2v) is 3.65. The maximum Gasteiger partial charge on any atom is 0.227 e. The summed E-state index contributed by atoms with van der Waals surface area (Å²) < 4.78 is 1.44. The molecular weight excluding hydrogens is 194 g/mol. The average Bonchev–Trinajstić information content (AvgIpc) is 2.54. The molecule has 1 heterocycles. The van der Waals surface area contributed by atoms with E-state index in [1.807, 2.05) is 0 Å². The number of likely N-dealkylation sites (N-methyl/N-ethyl adjacent to an activating group) is 1. The Morgan fingerprint density at radius 2 is 2.00 bits per heavy atom. The van der Waals surface area contributed by atoms with Crippen LogP contribution in [0, 0.1) is 0 Å². The molecule has 0 spiro atoms. The van der Waals surface area contributed by atoms with Crippen LogP contribution in [0.1, 0.15) is 20.8 Å². The molecule has 0 unspecified atom stereocenters. The molecule has 1 aromatic rings. The molecule has 1 aliphatic carbocycles. The number of Topliss-reactive ketones (excluding diaryl/α,β-unsaturated/α-hetero) is 1. The summed E-state index contributed by atoms with van der Waals surface area (Å²) in [6.07, 6.45) is 2.78. The van der Waals surface area contributed by atoms with Crippen LogP contribution < -0.4 is 0 Å². The first kappa shape index (κ1) is 9.64. The van der Waals surface area contributed by atoms with Gasteiger partial charge in [-0.3, -0.25) is 14.3 Å². The largest absolute Gasteiger partial charge is 0.374 e. The van der Waals surface area contributed by atoms with Crippen molar-refractivity contribution in [3.05, 3.63) is 29.2 Å². The summed E-state index contributed by atoms with van der Waals surface area (Å²) in [5.41, 5.74) is 1.15. The van der Waals surface area contributed by atoms with Crippen molar-refractivity contribution in [3.8, 4) is 0 Å². The first-order valence-electron chi connectivity index (χ1n) is 4.52. The molecule has 0 N–H and O–H groups in total. The molecule has 78 valence electrons. The summed E-state index contributed by atoms with van der Waals surface area (Å²) in [6.45, 7) is 0. The number of hydrogen-bond donors (Lipinski definition) is 0. The predicted octanol–water partition coefficient (Wildman–Crippen LogP) is 0.245. The Labute approximate surface area is 87.0 Å². The van der Waals surface area contributed by atoms with Crippen LogP contribution in [-0.4, -0.2) is 40.3 Å². The number of nitrogens with zero attached hydrogens (tertiary/aromatic N) is 3. The van der Waals surface area contributed by atoms with Crippen LogP contribution in [-0.2, 0) is 7.05 Å². The van der Waals surface area contributed by atoms with Gasteiger partial charge in [-0.1, -0.05) is 0 Å². The van der Waals surface area contributed by atoms with Gasteiger partial charge in [-0.05, 0) is 0 Å². The first-order chi connectivity index (χ1) is 7.02. The minimum atomic E-state index is -0.165. The second-order valence-electron chi connectivity index (χ2n) is 3.65. The lowest BCUT2D eigenvalue weighted by atomic mass is 9.99. The van der Waals surface area contributed by atoms with E-state index in [2.05, 4.69) is 5.10 Å². The Hall–Kier alpha value is -1.91. The topological polar surface area (TPSA) is 55.2 Å². The van der Waals surface area contributed by atoms with Crippen LogP contribution in [0.2, 0.25) is 0 Å². The smallest absolute Gasteiger partial charge is 0.227 e. The van der Waals surface area contributed by atoms with Gasteiger partial charge in [-0.15, -0.1) is 0 Å². The van der Waals surface area contributed by atoms with E-state index in [0.717, 1.165) is 0 Å².